The largest absolute Gasteiger partial charge is 0.445 e. The maximum atomic E-state index is 11.3. The lowest BCUT2D eigenvalue weighted by atomic mass is 10.2. The molecule has 0 aliphatic carbocycles. The molecule has 0 saturated heterocycles. The van der Waals surface area contributed by atoms with Crippen molar-refractivity contribution in [3.8, 4) is 0 Å². The lowest BCUT2D eigenvalue weighted by Gasteiger charge is -2.10. The summed E-state index contributed by atoms with van der Waals surface area (Å²) in [5.74, 6) is 0.407. The van der Waals surface area contributed by atoms with Crippen molar-refractivity contribution in [1.82, 2.24) is 5.32 Å². The summed E-state index contributed by atoms with van der Waals surface area (Å²) in [6.45, 7) is 2.99. The molecule has 0 fully saturated rings. The molecule has 1 aromatic carbocycles. The van der Waals surface area contributed by atoms with E-state index in [1.165, 1.54) is 0 Å². The van der Waals surface area contributed by atoms with Gasteiger partial charge >= 0.3 is 6.09 Å². The highest BCUT2D eigenvalue weighted by atomic mass is 79.9. The molecule has 1 amide bonds. The maximum Gasteiger partial charge on any atom is 0.407 e. The van der Waals surface area contributed by atoms with Crippen LogP contribution in [0.1, 0.15) is 12.5 Å². The van der Waals surface area contributed by atoms with Crippen LogP contribution in [-0.2, 0) is 11.3 Å². The van der Waals surface area contributed by atoms with E-state index in [4.69, 9.17) is 4.74 Å². The number of ether oxygens (including phenoxy) is 1. The van der Waals surface area contributed by atoms with Crippen molar-refractivity contribution in [3.63, 3.8) is 0 Å². The number of nitrogens with one attached hydrogen (secondary N) is 1. The van der Waals surface area contributed by atoms with Gasteiger partial charge in [-0.25, -0.2) is 4.79 Å². The second kappa shape index (κ2) is 7.28. The Balaban J connectivity index is 2.20. The first-order valence-corrected chi connectivity index (χ1v) is 6.35. The number of hydrogen-bond acceptors (Lipinski definition) is 2. The van der Waals surface area contributed by atoms with Crippen LogP contribution in [0, 0.1) is 5.92 Å². The van der Waals surface area contributed by atoms with Crippen molar-refractivity contribution in [3.05, 3.63) is 35.9 Å². The maximum absolute atomic E-state index is 11.3. The molecule has 1 N–H and O–H groups in total. The Morgan fingerprint density at radius 1 is 1.44 bits per heavy atom. The van der Waals surface area contributed by atoms with Gasteiger partial charge in [-0.15, -0.1) is 0 Å². The summed E-state index contributed by atoms with van der Waals surface area (Å²) in [4.78, 5) is 11.3. The van der Waals surface area contributed by atoms with Crippen LogP contribution < -0.4 is 5.32 Å². The molecule has 0 bridgehead atoms. The van der Waals surface area contributed by atoms with Crippen molar-refractivity contribution >= 4 is 22.0 Å². The van der Waals surface area contributed by atoms with E-state index in [0.717, 1.165) is 10.9 Å². The minimum absolute atomic E-state index is 0.315. The van der Waals surface area contributed by atoms with Gasteiger partial charge in [0.1, 0.15) is 6.61 Å². The van der Waals surface area contributed by atoms with Gasteiger partial charge in [0.2, 0.25) is 0 Å². The van der Waals surface area contributed by atoms with Crippen molar-refractivity contribution in [2.45, 2.75) is 13.5 Å². The number of carbonyl (C=O) groups excluding carboxylic acids is 1. The molecule has 1 rings (SSSR count). The standard InChI is InChI=1S/C12H16BrNO2/c1-10(7-13)8-14-12(15)16-9-11-5-3-2-4-6-11/h2-6,10H,7-9H2,1H3,(H,14,15)/t10-/m1/s1. The van der Waals surface area contributed by atoms with Gasteiger partial charge in [-0.05, 0) is 11.5 Å². The third-order valence-electron chi connectivity index (χ3n) is 2.07. The molecule has 0 aliphatic heterocycles. The number of alkyl halides is 1. The fraction of sp³-hybridized carbons (Fsp3) is 0.417. The molecule has 4 heteroatoms. The Hall–Kier alpha value is -1.03. The lowest BCUT2D eigenvalue weighted by Crippen LogP contribution is -2.29. The van der Waals surface area contributed by atoms with E-state index in [9.17, 15) is 4.79 Å². The fourth-order valence-electron chi connectivity index (χ4n) is 1.09. The Labute approximate surface area is 104 Å². The Kier molecular flexibility index (Phi) is 5.93. The van der Waals surface area contributed by atoms with Gasteiger partial charge < -0.3 is 10.1 Å². The molecular weight excluding hydrogens is 270 g/mol. The highest BCUT2D eigenvalue weighted by Gasteiger charge is 2.04. The minimum Gasteiger partial charge on any atom is -0.445 e. The first-order chi connectivity index (χ1) is 7.72. The fourth-order valence-corrected chi connectivity index (χ4v) is 1.32. The van der Waals surface area contributed by atoms with Crippen LogP contribution in [-0.4, -0.2) is 18.0 Å². The van der Waals surface area contributed by atoms with Crippen LogP contribution in [0.2, 0.25) is 0 Å². The number of hydrogen-bond donors (Lipinski definition) is 1. The van der Waals surface area contributed by atoms with Gasteiger partial charge in [0, 0.05) is 11.9 Å². The molecule has 0 aliphatic rings. The van der Waals surface area contributed by atoms with E-state index < -0.39 is 0 Å². The van der Waals surface area contributed by atoms with E-state index in [1.54, 1.807) is 0 Å². The summed E-state index contributed by atoms with van der Waals surface area (Å²) >= 11 is 3.35. The molecule has 0 unspecified atom stereocenters. The highest BCUT2D eigenvalue weighted by molar-refractivity contribution is 9.09. The number of rotatable bonds is 5. The monoisotopic (exact) mass is 285 g/mol. The molecule has 16 heavy (non-hydrogen) atoms. The smallest absolute Gasteiger partial charge is 0.407 e. The van der Waals surface area contributed by atoms with Crippen molar-refractivity contribution in [1.29, 1.82) is 0 Å². The predicted octanol–water partition coefficient (Wildman–Crippen LogP) is 2.94. The first-order valence-electron chi connectivity index (χ1n) is 5.23. The SMILES string of the molecule is C[C@H](CBr)CNC(=O)OCc1ccccc1. The average molecular weight is 286 g/mol. The second-order valence-electron chi connectivity index (χ2n) is 3.70. The summed E-state index contributed by atoms with van der Waals surface area (Å²) in [6, 6.07) is 9.62. The Morgan fingerprint density at radius 2 is 2.12 bits per heavy atom. The van der Waals surface area contributed by atoms with Crippen LogP contribution in [0.15, 0.2) is 30.3 Å². The molecule has 88 valence electrons. The molecule has 0 aromatic heterocycles. The normalized spacial score (nSPS) is 11.9. The van der Waals surface area contributed by atoms with Gasteiger partial charge in [-0.2, -0.15) is 0 Å². The lowest BCUT2D eigenvalue weighted by molar-refractivity contribution is 0.138. The number of halogens is 1. The molecule has 0 spiro atoms. The van der Waals surface area contributed by atoms with Crippen LogP contribution >= 0.6 is 15.9 Å². The number of amides is 1. The van der Waals surface area contributed by atoms with Crippen LogP contribution in [0.25, 0.3) is 0 Å². The van der Waals surface area contributed by atoms with E-state index >= 15 is 0 Å². The summed E-state index contributed by atoms with van der Waals surface area (Å²) in [6.07, 6.45) is -0.364. The molecule has 0 radical (unpaired) electrons. The number of alkyl carbamates (subject to hydrolysis) is 1. The van der Waals surface area contributed by atoms with Gasteiger partial charge in [-0.3, -0.25) is 0 Å². The third-order valence-corrected chi connectivity index (χ3v) is 3.18. The minimum atomic E-state index is -0.364. The predicted molar refractivity (Wildman–Crippen MR) is 67.6 cm³/mol. The van der Waals surface area contributed by atoms with E-state index in [1.807, 2.05) is 37.3 Å². The zero-order chi connectivity index (χ0) is 11.8. The zero-order valence-electron chi connectivity index (χ0n) is 9.28. The second-order valence-corrected chi connectivity index (χ2v) is 4.35. The van der Waals surface area contributed by atoms with Crippen LogP contribution in [0.5, 0.6) is 0 Å². The topological polar surface area (TPSA) is 38.3 Å². The Bertz CT molecular complexity index is 316. The molecular formula is C12H16BrNO2. The zero-order valence-corrected chi connectivity index (χ0v) is 10.9. The summed E-state index contributed by atoms with van der Waals surface area (Å²) in [5.41, 5.74) is 0.992. The van der Waals surface area contributed by atoms with Crippen molar-refractivity contribution in [2.24, 2.45) is 5.92 Å². The van der Waals surface area contributed by atoms with Crippen LogP contribution in [0.3, 0.4) is 0 Å². The quantitative estimate of drug-likeness (QED) is 0.845. The van der Waals surface area contributed by atoms with E-state index in [-0.39, 0.29) is 6.09 Å². The molecule has 0 saturated carbocycles. The van der Waals surface area contributed by atoms with Crippen molar-refractivity contribution in [2.75, 3.05) is 11.9 Å². The number of benzene rings is 1. The summed E-state index contributed by atoms with van der Waals surface area (Å²) < 4.78 is 5.06. The highest BCUT2D eigenvalue weighted by Crippen LogP contribution is 2.01. The molecule has 1 aromatic rings. The van der Waals surface area contributed by atoms with Crippen molar-refractivity contribution < 1.29 is 9.53 Å². The Morgan fingerprint density at radius 3 is 2.75 bits per heavy atom. The van der Waals surface area contributed by atoms with Gasteiger partial charge in [0.15, 0.2) is 0 Å². The van der Waals surface area contributed by atoms with Crippen LogP contribution in [0.4, 0.5) is 4.79 Å². The number of carbonyl (C=O) groups is 1. The summed E-state index contributed by atoms with van der Waals surface area (Å²) in [7, 11) is 0. The van der Waals surface area contributed by atoms with Gasteiger partial charge in [0.25, 0.3) is 0 Å². The van der Waals surface area contributed by atoms with E-state index in [2.05, 4.69) is 21.2 Å². The molecule has 0 heterocycles. The first kappa shape index (κ1) is 13.0. The van der Waals surface area contributed by atoms with E-state index in [0.29, 0.717) is 19.1 Å². The average Bonchev–Trinajstić information content (AvgIpc) is 2.34. The third kappa shape index (κ3) is 5.16. The molecule has 1 atom stereocenters. The van der Waals surface area contributed by atoms with Gasteiger partial charge in [-0.1, -0.05) is 53.2 Å². The van der Waals surface area contributed by atoms with Gasteiger partial charge in [0.05, 0.1) is 0 Å². The molecule has 3 nitrogen and oxygen atoms in total. The summed E-state index contributed by atoms with van der Waals surface area (Å²) in [5, 5.41) is 3.58.